The van der Waals surface area contributed by atoms with Crippen LogP contribution in [0.4, 0.5) is 10.1 Å². The molecule has 0 radical (unpaired) electrons. The number of benzene rings is 2. The average Bonchev–Trinajstić information content (AvgIpc) is 3.15. The van der Waals surface area contributed by atoms with Gasteiger partial charge in [-0.15, -0.1) is 0 Å². The highest BCUT2D eigenvalue weighted by Gasteiger charge is 2.28. The monoisotopic (exact) mass is 333 g/mol. The minimum Gasteiger partial charge on any atom is -0.493 e. The number of anilines is 1. The molecule has 1 N–H and O–H groups in total. The second-order valence-electron chi connectivity index (χ2n) is 5.46. The first-order valence-corrected chi connectivity index (χ1v) is 7.72. The number of fused-ring (bicyclic) bond motifs is 2. The van der Waals surface area contributed by atoms with Crippen LogP contribution in [0, 0.1) is 5.82 Å². The Kier molecular flexibility index (Phi) is 3.38. The number of hydrogen-bond donors (Lipinski definition) is 1. The normalized spacial score (nSPS) is 14.7. The molecule has 118 valence electrons. The molecule has 4 rings (SSSR count). The van der Waals surface area contributed by atoms with Gasteiger partial charge < -0.3 is 14.8 Å². The lowest BCUT2D eigenvalue weighted by molar-refractivity contribution is 0.102. The molecule has 0 spiro atoms. The lowest BCUT2D eigenvalue weighted by Gasteiger charge is -2.14. The Morgan fingerprint density at radius 2 is 2.04 bits per heavy atom. The maximum absolute atomic E-state index is 14.0. The van der Waals surface area contributed by atoms with Crippen molar-refractivity contribution in [2.75, 3.05) is 18.5 Å². The molecule has 0 unspecified atom stereocenters. The quantitative estimate of drug-likeness (QED) is 0.913. The van der Waals surface area contributed by atoms with Crippen LogP contribution in [-0.4, -0.2) is 19.1 Å². The molecule has 0 saturated heterocycles. The molecule has 1 amide bonds. The number of carbonyl (C=O) groups is 1. The number of carbonyl (C=O) groups excluding carboxylic acids is 1. The van der Waals surface area contributed by atoms with Crippen LogP contribution in [0.1, 0.15) is 21.5 Å². The van der Waals surface area contributed by atoms with Gasteiger partial charge in [-0.3, -0.25) is 4.79 Å². The second-order valence-corrected chi connectivity index (χ2v) is 5.87. The number of halogens is 2. The molecule has 2 aromatic carbocycles. The topological polar surface area (TPSA) is 47.6 Å². The first kappa shape index (κ1) is 14.3. The van der Waals surface area contributed by atoms with Gasteiger partial charge >= 0.3 is 0 Å². The summed E-state index contributed by atoms with van der Waals surface area (Å²) in [7, 11) is 0. The number of nitrogens with one attached hydrogen (secondary N) is 1. The summed E-state index contributed by atoms with van der Waals surface area (Å²) in [4.78, 5) is 12.5. The van der Waals surface area contributed by atoms with E-state index in [1.165, 1.54) is 18.2 Å². The standard InChI is InChI=1S/C17H13ClFNO3/c18-11-2-1-3-12(19)14(11)17(21)20-15-10-5-7-22-13(10)8-9-4-6-23-16(9)15/h1-3,8H,4-7H2,(H,20,21). The lowest BCUT2D eigenvalue weighted by Crippen LogP contribution is -2.16. The van der Waals surface area contributed by atoms with Crippen molar-refractivity contribution < 1.29 is 18.7 Å². The van der Waals surface area contributed by atoms with Gasteiger partial charge in [0.2, 0.25) is 0 Å². The fraction of sp³-hybridized carbons (Fsp3) is 0.235. The van der Waals surface area contributed by atoms with Gasteiger partial charge in [-0.2, -0.15) is 0 Å². The first-order chi connectivity index (χ1) is 11.1. The zero-order valence-corrected chi connectivity index (χ0v) is 12.9. The van der Waals surface area contributed by atoms with Gasteiger partial charge in [0.05, 0.1) is 29.5 Å². The van der Waals surface area contributed by atoms with Crippen molar-refractivity contribution in [3.8, 4) is 11.5 Å². The van der Waals surface area contributed by atoms with Gasteiger partial charge in [-0.05, 0) is 18.2 Å². The van der Waals surface area contributed by atoms with E-state index in [0.717, 1.165) is 23.3 Å². The summed E-state index contributed by atoms with van der Waals surface area (Å²) in [6, 6.07) is 6.11. The van der Waals surface area contributed by atoms with Crippen LogP contribution in [0.5, 0.6) is 11.5 Å². The molecule has 23 heavy (non-hydrogen) atoms. The summed E-state index contributed by atoms with van der Waals surface area (Å²) in [5.41, 5.74) is 2.27. The van der Waals surface area contributed by atoms with Gasteiger partial charge in [0.25, 0.3) is 5.91 Å². The molecule has 0 aromatic heterocycles. The molecular formula is C17H13ClFNO3. The fourth-order valence-corrected chi connectivity index (χ4v) is 3.26. The van der Waals surface area contributed by atoms with Crippen LogP contribution in [0.2, 0.25) is 5.02 Å². The Morgan fingerprint density at radius 1 is 1.22 bits per heavy atom. The fourth-order valence-electron chi connectivity index (χ4n) is 3.01. The Hall–Kier alpha value is -2.27. The molecule has 0 aliphatic carbocycles. The molecule has 4 nitrogen and oxygen atoms in total. The third kappa shape index (κ3) is 2.32. The van der Waals surface area contributed by atoms with E-state index >= 15 is 0 Å². The molecular weight excluding hydrogens is 321 g/mol. The highest BCUT2D eigenvalue weighted by atomic mass is 35.5. The molecule has 2 aliphatic heterocycles. The molecule has 0 atom stereocenters. The molecule has 6 heteroatoms. The second kappa shape index (κ2) is 5.42. The first-order valence-electron chi connectivity index (χ1n) is 7.35. The van der Waals surface area contributed by atoms with Crippen LogP contribution in [-0.2, 0) is 12.8 Å². The Labute approximate surface area is 137 Å². The van der Waals surface area contributed by atoms with E-state index in [1.807, 2.05) is 6.07 Å². The van der Waals surface area contributed by atoms with Crippen molar-refractivity contribution in [3.63, 3.8) is 0 Å². The van der Waals surface area contributed by atoms with E-state index in [9.17, 15) is 9.18 Å². The highest BCUT2D eigenvalue weighted by Crippen LogP contribution is 2.44. The number of ether oxygens (including phenoxy) is 2. The maximum atomic E-state index is 14.0. The molecule has 2 aliphatic rings. The summed E-state index contributed by atoms with van der Waals surface area (Å²) in [5, 5.41) is 2.85. The van der Waals surface area contributed by atoms with Gasteiger partial charge in [0.15, 0.2) is 0 Å². The number of amides is 1. The molecule has 0 bridgehead atoms. The zero-order valence-electron chi connectivity index (χ0n) is 12.1. The van der Waals surface area contributed by atoms with Crippen molar-refractivity contribution in [2.45, 2.75) is 12.8 Å². The summed E-state index contributed by atoms with van der Waals surface area (Å²) in [5.74, 6) is 0.154. The smallest absolute Gasteiger partial charge is 0.260 e. The lowest BCUT2D eigenvalue weighted by atomic mass is 10.0. The molecule has 2 aromatic rings. The van der Waals surface area contributed by atoms with E-state index < -0.39 is 11.7 Å². The predicted molar refractivity (Wildman–Crippen MR) is 84.2 cm³/mol. The maximum Gasteiger partial charge on any atom is 0.260 e. The van der Waals surface area contributed by atoms with Crippen molar-refractivity contribution in [3.05, 3.63) is 51.8 Å². The summed E-state index contributed by atoms with van der Waals surface area (Å²) < 4.78 is 25.2. The SMILES string of the molecule is O=C(Nc1c2c(cc3c1OCC3)OCC2)c1c(F)cccc1Cl. The van der Waals surface area contributed by atoms with Gasteiger partial charge in [0.1, 0.15) is 17.3 Å². The van der Waals surface area contributed by atoms with Gasteiger partial charge in [0, 0.05) is 24.0 Å². The number of hydrogen-bond acceptors (Lipinski definition) is 3. The van der Waals surface area contributed by atoms with E-state index in [2.05, 4.69) is 5.32 Å². The van der Waals surface area contributed by atoms with Crippen molar-refractivity contribution in [2.24, 2.45) is 0 Å². The Balaban J connectivity index is 1.77. The summed E-state index contributed by atoms with van der Waals surface area (Å²) in [6.07, 6.45) is 1.43. The van der Waals surface area contributed by atoms with Crippen molar-refractivity contribution >= 4 is 23.2 Å². The van der Waals surface area contributed by atoms with Crippen LogP contribution in [0.15, 0.2) is 24.3 Å². The van der Waals surface area contributed by atoms with E-state index in [4.69, 9.17) is 21.1 Å². The third-order valence-electron chi connectivity index (χ3n) is 4.08. The van der Waals surface area contributed by atoms with Crippen LogP contribution in [0.25, 0.3) is 0 Å². The minimum atomic E-state index is -0.656. The zero-order chi connectivity index (χ0) is 16.0. The van der Waals surface area contributed by atoms with E-state index in [0.29, 0.717) is 31.1 Å². The Bertz CT molecular complexity index is 769. The van der Waals surface area contributed by atoms with Crippen molar-refractivity contribution in [1.82, 2.24) is 0 Å². The highest BCUT2D eigenvalue weighted by molar-refractivity contribution is 6.34. The average molecular weight is 334 g/mol. The van der Waals surface area contributed by atoms with E-state index in [1.54, 1.807) is 0 Å². The van der Waals surface area contributed by atoms with Gasteiger partial charge in [-0.25, -0.2) is 4.39 Å². The predicted octanol–water partition coefficient (Wildman–Crippen LogP) is 3.60. The van der Waals surface area contributed by atoms with Crippen LogP contribution >= 0.6 is 11.6 Å². The minimum absolute atomic E-state index is 0.0730. The van der Waals surface area contributed by atoms with Gasteiger partial charge in [-0.1, -0.05) is 17.7 Å². The molecule has 0 fully saturated rings. The van der Waals surface area contributed by atoms with Crippen LogP contribution in [0.3, 0.4) is 0 Å². The number of rotatable bonds is 2. The summed E-state index contributed by atoms with van der Waals surface area (Å²) >= 11 is 5.97. The molecule has 0 saturated carbocycles. The van der Waals surface area contributed by atoms with E-state index in [-0.39, 0.29) is 10.6 Å². The molecule has 2 heterocycles. The van der Waals surface area contributed by atoms with Crippen LogP contribution < -0.4 is 14.8 Å². The summed E-state index contributed by atoms with van der Waals surface area (Å²) in [6.45, 7) is 1.11. The third-order valence-corrected chi connectivity index (χ3v) is 4.39. The van der Waals surface area contributed by atoms with Crippen molar-refractivity contribution in [1.29, 1.82) is 0 Å². The Morgan fingerprint density at radius 3 is 2.87 bits per heavy atom. The largest absolute Gasteiger partial charge is 0.493 e.